The number of likely N-dealkylation sites (tertiary alicyclic amines) is 1. The number of rotatable bonds is 6. The summed E-state index contributed by atoms with van der Waals surface area (Å²) in [5, 5.41) is 0.952. The first-order valence-corrected chi connectivity index (χ1v) is 11.8. The lowest BCUT2D eigenvalue weighted by Crippen LogP contribution is -2.49. The van der Waals surface area contributed by atoms with Gasteiger partial charge in [-0.1, -0.05) is 23.2 Å². The van der Waals surface area contributed by atoms with Crippen molar-refractivity contribution in [3.63, 3.8) is 0 Å². The molecule has 0 bridgehead atoms. The second-order valence-corrected chi connectivity index (χ2v) is 10.3. The third-order valence-corrected chi connectivity index (χ3v) is 6.21. The summed E-state index contributed by atoms with van der Waals surface area (Å²) in [5.74, 6) is 0.234. The van der Waals surface area contributed by atoms with Crippen LogP contribution in [0.2, 0.25) is 10.0 Å². The number of hydrogen-bond donors (Lipinski definition) is 0. The first-order valence-electron chi connectivity index (χ1n) is 11.1. The molecule has 3 rings (SSSR count). The molecular weight excluding hydrogens is 479 g/mol. The Morgan fingerprint density at radius 1 is 1.12 bits per heavy atom. The number of hydrogen-bond acceptors (Lipinski definition) is 6. The summed E-state index contributed by atoms with van der Waals surface area (Å²) in [5.41, 5.74) is 0.341. The standard InChI is InChI=1S/C25H30Cl2N2O5/c1-24(2,3)34-23(31)29-11-8-25(9-12-29,22(30)32-4)15-17-7-10-28-19(13-17)16-33-21-6-5-18(26)14-20(21)27/h5-7,10,13-14H,8-9,11-12,15-16H2,1-4H3. The number of ether oxygens (including phenoxy) is 3. The number of piperidine rings is 1. The van der Waals surface area contributed by atoms with Gasteiger partial charge in [-0.3, -0.25) is 9.78 Å². The summed E-state index contributed by atoms with van der Waals surface area (Å²) < 4.78 is 16.4. The molecule has 0 aliphatic carbocycles. The summed E-state index contributed by atoms with van der Waals surface area (Å²) in [4.78, 5) is 31.3. The molecule has 34 heavy (non-hydrogen) atoms. The third kappa shape index (κ3) is 6.76. The van der Waals surface area contributed by atoms with Gasteiger partial charge < -0.3 is 19.1 Å². The highest BCUT2D eigenvalue weighted by atomic mass is 35.5. The Kier molecular flexibility index (Phi) is 8.31. The van der Waals surface area contributed by atoms with Gasteiger partial charge in [0.05, 0.1) is 23.2 Å². The number of amides is 1. The van der Waals surface area contributed by atoms with Gasteiger partial charge in [0, 0.05) is 24.3 Å². The molecule has 0 unspecified atom stereocenters. The summed E-state index contributed by atoms with van der Waals surface area (Å²) in [6.45, 7) is 6.55. The number of pyridine rings is 1. The van der Waals surface area contributed by atoms with Gasteiger partial charge in [-0.05, 0) is 75.9 Å². The molecule has 0 radical (unpaired) electrons. The van der Waals surface area contributed by atoms with Crippen LogP contribution >= 0.6 is 23.2 Å². The molecule has 9 heteroatoms. The molecule has 1 aromatic heterocycles. The minimum absolute atomic E-state index is 0.215. The van der Waals surface area contributed by atoms with Gasteiger partial charge in [0.1, 0.15) is 18.0 Å². The molecule has 1 fully saturated rings. The van der Waals surface area contributed by atoms with Gasteiger partial charge in [0.25, 0.3) is 0 Å². The average molecular weight is 509 g/mol. The van der Waals surface area contributed by atoms with Crippen LogP contribution in [-0.2, 0) is 27.3 Å². The molecule has 2 aromatic rings. The van der Waals surface area contributed by atoms with Crippen LogP contribution in [-0.4, -0.2) is 47.7 Å². The van der Waals surface area contributed by atoms with E-state index in [4.69, 9.17) is 37.4 Å². The highest BCUT2D eigenvalue weighted by molar-refractivity contribution is 6.35. The van der Waals surface area contributed by atoms with Crippen molar-refractivity contribution in [2.45, 2.75) is 52.2 Å². The van der Waals surface area contributed by atoms with Crippen molar-refractivity contribution >= 4 is 35.3 Å². The zero-order valence-electron chi connectivity index (χ0n) is 19.9. The van der Waals surface area contributed by atoms with Crippen LogP contribution in [0.5, 0.6) is 5.75 Å². The second kappa shape index (κ2) is 10.8. The topological polar surface area (TPSA) is 78.0 Å². The normalized spacial score (nSPS) is 15.5. The summed E-state index contributed by atoms with van der Waals surface area (Å²) in [6, 6.07) is 8.82. The number of esters is 1. The molecule has 0 N–H and O–H groups in total. The maximum absolute atomic E-state index is 12.8. The van der Waals surface area contributed by atoms with Crippen LogP contribution in [0.25, 0.3) is 0 Å². The SMILES string of the molecule is COC(=O)C1(Cc2ccnc(COc3ccc(Cl)cc3Cl)c2)CCN(C(=O)OC(C)(C)C)CC1. The summed E-state index contributed by atoms with van der Waals surface area (Å²) in [6.07, 6.45) is 2.76. The minimum Gasteiger partial charge on any atom is -0.486 e. The number of carbonyl (C=O) groups excluding carboxylic acids is 2. The van der Waals surface area contributed by atoms with Crippen LogP contribution in [0.4, 0.5) is 4.79 Å². The van der Waals surface area contributed by atoms with E-state index >= 15 is 0 Å². The fourth-order valence-corrected chi connectivity index (χ4v) is 4.43. The number of benzene rings is 1. The van der Waals surface area contributed by atoms with Crippen molar-refractivity contribution in [1.29, 1.82) is 0 Å². The Morgan fingerprint density at radius 3 is 2.44 bits per heavy atom. The Morgan fingerprint density at radius 2 is 1.82 bits per heavy atom. The largest absolute Gasteiger partial charge is 0.486 e. The molecule has 1 aliphatic rings. The van der Waals surface area contributed by atoms with Crippen molar-refractivity contribution in [3.05, 3.63) is 57.8 Å². The predicted molar refractivity (Wildman–Crippen MR) is 130 cm³/mol. The third-order valence-electron chi connectivity index (χ3n) is 5.68. The van der Waals surface area contributed by atoms with E-state index in [1.165, 1.54) is 7.11 Å². The molecule has 2 heterocycles. The van der Waals surface area contributed by atoms with E-state index < -0.39 is 11.0 Å². The Labute approximate surface area is 210 Å². The minimum atomic E-state index is -0.730. The molecule has 7 nitrogen and oxygen atoms in total. The molecule has 1 aliphatic heterocycles. The monoisotopic (exact) mass is 508 g/mol. The summed E-state index contributed by atoms with van der Waals surface area (Å²) >= 11 is 12.1. The fraction of sp³-hybridized carbons (Fsp3) is 0.480. The fourth-order valence-electron chi connectivity index (χ4n) is 3.97. The van der Waals surface area contributed by atoms with Crippen molar-refractivity contribution in [1.82, 2.24) is 9.88 Å². The first kappa shape index (κ1) is 26.1. The molecule has 0 atom stereocenters. The van der Waals surface area contributed by atoms with E-state index in [1.807, 2.05) is 32.9 Å². The summed E-state index contributed by atoms with van der Waals surface area (Å²) in [7, 11) is 1.39. The van der Waals surface area contributed by atoms with Crippen LogP contribution in [0.15, 0.2) is 36.5 Å². The zero-order valence-corrected chi connectivity index (χ0v) is 21.4. The number of methoxy groups -OCH3 is 1. The van der Waals surface area contributed by atoms with Gasteiger partial charge in [-0.2, -0.15) is 0 Å². The van der Waals surface area contributed by atoms with Crippen molar-refractivity contribution in [3.8, 4) is 5.75 Å². The van der Waals surface area contributed by atoms with E-state index in [2.05, 4.69) is 4.98 Å². The van der Waals surface area contributed by atoms with E-state index in [1.54, 1.807) is 29.3 Å². The van der Waals surface area contributed by atoms with Crippen LogP contribution < -0.4 is 4.74 Å². The van der Waals surface area contributed by atoms with Gasteiger partial charge in [0.15, 0.2) is 0 Å². The zero-order chi connectivity index (χ0) is 24.9. The molecule has 184 valence electrons. The average Bonchev–Trinajstić information content (AvgIpc) is 2.77. The molecular formula is C25H30Cl2N2O5. The maximum Gasteiger partial charge on any atom is 0.410 e. The molecule has 0 spiro atoms. The lowest BCUT2D eigenvalue weighted by molar-refractivity contribution is -0.155. The lowest BCUT2D eigenvalue weighted by atomic mass is 9.74. The maximum atomic E-state index is 12.8. The lowest BCUT2D eigenvalue weighted by Gasteiger charge is -2.40. The van der Waals surface area contributed by atoms with Crippen molar-refractivity contribution in [2.75, 3.05) is 20.2 Å². The van der Waals surface area contributed by atoms with E-state index in [0.717, 1.165) is 5.56 Å². The van der Waals surface area contributed by atoms with Gasteiger partial charge in [-0.25, -0.2) is 4.79 Å². The molecule has 0 saturated carbocycles. The van der Waals surface area contributed by atoms with Gasteiger partial charge in [0.2, 0.25) is 0 Å². The number of carbonyl (C=O) groups is 2. The van der Waals surface area contributed by atoms with Crippen LogP contribution in [0.3, 0.4) is 0 Å². The number of aromatic nitrogens is 1. The second-order valence-electron chi connectivity index (χ2n) is 9.43. The van der Waals surface area contributed by atoms with Gasteiger partial charge in [-0.15, -0.1) is 0 Å². The Balaban J connectivity index is 1.69. The number of nitrogens with zero attached hydrogens (tertiary/aromatic N) is 2. The molecule has 1 amide bonds. The van der Waals surface area contributed by atoms with Crippen molar-refractivity contribution < 1.29 is 23.8 Å². The quantitative estimate of drug-likeness (QED) is 0.465. The predicted octanol–water partition coefficient (Wildman–Crippen LogP) is 5.70. The van der Waals surface area contributed by atoms with Gasteiger partial charge >= 0.3 is 12.1 Å². The van der Waals surface area contributed by atoms with Crippen molar-refractivity contribution in [2.24, 2.45) is 5.41 Å². The van der Waals surface area contributed by atoms with E-state index in [0.29, 0.717) is 53.8 Å². The number of halogens is 2. The Hall–Kier alpha value is -2.51. The van der Waals surface area contributed by atoms with E-state index in [-0.39, 0.29) is 18.7 Å². The first-order chi connectivity index (χ1) is 16.0. The molecule has 1 aromatic carbocycles. The van der Waals surface area contributed by atoms with E-state index in [9.17, 15) is 9.59 Å². The highest BCUT2D eigenvalue weighted by Crippen LogP contribution is 2.37. The molecule has 1 saturated heterocycles. The van der Waals surface area contributed by atoms with Crippen LogP contribution in [0, 0.1) is 5.41 Å². The smallest absolute Gasteiger partial charge is 0.410 e. The van der Waals surface area contributed by atoms with Crippen LogP contribution in [0.1, 0.15) is 44.9 Å². The Bertz CT molecular complexity index is 1030. The highest BCUT2D eigenvalue weighted by Gasteiger charge is 2.44.